The van der Waals surface area contributed by atoms with Crippen LogP contribution in [0.1, 0.15) is 16.1 Å². The molecule has 0 fully saturated rings. The summed E-state index contributed by atoms with van der Waals surface area (Å²) in [4.78, 5) is 12.0. The van der Waals surface area contributed by atoms with Gasteiger partial charge < -0.3 is 17.0 Å². The van der Waals surface area contributed by atoms with E-state index in [2.05, 4.69) is 0 Å². The second kappa shape index (κ2) is 6.31. The largest absolute Gasteiger partial charge is 1.00 e. The van der Waals surface area contributed by atoms with Crippen molar-refractivity contribution in [3.63, 3.8) is 0 Å². The fourth-order valence-electron chi connectivity index (χ4n) is 1.52. The zero-order valence-electron chi connectivity index (χ0n) is 9.69. The number of nitrogens with zero attached hydrogens (tertiary/aromatic N) is 1. The average Bonchev–Trinajstić information content (AvgIpc) is 2.61. The molecule has 0 amide bonds. The maximum atomic E-state index is 12.0. The van der Waals surface area contributed by atoms with Crippen LogP contribution >= 0.6 is 22.9 Å². The van der Waals surface area contributed by atoms with E-state index in [-0.39, 0.29) is 29.3 Å². The molecule has 0 radical (unpaired) electrons. The second-order valence-electron chi connectivity index (χ2n) is 3.73. The van der Waals surface area contributed by atoms with E-state index in [1.807, 2.05) is 16.9 Å². The van der Waals surface area contributed by atoms with E-state index in [9.17, 15) is 4.79 Å². The number of halogens is 2. The van der Waals surface area contributed by atoms with Crippen molar-refractivity contribution in [2.45, 2.75) is 13.5 Å². The molecule has 0 saturated carbocycles. The van der Waals surface area contributed by atoms with Gasteiger partial charge in [-0.15, -0.1) is 0 Å². The van der Waals surface area contributed by atoms with E-state index in [0.717, 1.165) is 5.69 Å². The van der Waals surface area contributed by atoms with Gasteiger partial charge in [0.05, 0.1) is 0 Å². The maximum Gasteiger partial charge on any atom is 0.332 e. The van der Waals surface area contributed by atoms with Gasteiger partial charge in [-0.1, -0.05) is 22.9 Å². The van der Waals surface area contributed by atoms with E-state index < -0.39 is 0 Å². The number of nitrogens with two attached hydrogens (primary N) is 1. The number of rotatable bonds is 3. The number of thiazole rings is 1. The van der Waals surface area contributed by atoms with Gasteiger partial charge in [0.1, 0.15) is 5.69 Å². The van der Waals surface area contributed by atoms with Crippen molar-refractivity contribution in [2.24, 2.45) is 0 Å². The summed E-state index contributed by atoms with van der Waals surface area (Å²) >= 11 is 7.21. The molecule has 6 heteroatoms. The van der Waals surface area contributed by atoms with Gasteiger partial charge in [0.2, 0.25) is 5.78 Å². The zero-order valence-corrected chi connectivity index (χ0v) is 12.8. The number of aryl methyl sites for hydroxylation is 1. The Morgan fingerprint density at radius 3 is 2.50 bits per heavy atom. The van der Waals surface area contributed by atoms with E-state index >= 15 is 0 Å². The van der Waals surface area contributed by atoms with Crippen LogP contribution < -0.4 is 27.3 Å². The Morgan fingerprint density at radius 1 is 1.39 bits per heavy atom. The first kappa shape index (κ1) is 15.1. The summed E-state index contributed by atoms with van der Waals surface area (Å²) in [6.07, 6.45) is 0. The molecule has 3 nitrogen and oxygen atoms in total. The van der Waals surface area contributed by atoms with Crippen LogP contribution in [0.5, 0.6) is 0 Å². The van der Waals surface area contributed by atoms with Crippen molar-refractivity contribution < 1.29 is 26.3 Å². The van der Waals surface area contributed by atoms with Crippen LogP contribution in [0.2, 0.25) is 5.02 Å². The molecule has 96 valence electrons. The van der Waals surface area contributed by atoms with Crippen LogP contribution in [0.25, 0.3) is 0 Å². The highest BCUT2D eigenvalue weighted by molar-refractivity contribution is 7.13. The van der Waals surface area contributed by atoms with Crippen LogP contribution in [-0.2, 0) is 6.54 Å². The van der Waals surface area contributed by atoms with E-state index in [1.54, 1.807) is 24.3 Å². The third-order valence-corrected chi connectivity index (χ3v) is 3.68. The predicted octanol–water partition coefficient (Wildman–Crippen LogP) is -0.533. The van der Waals surface area contributed by atoms with E-state index in [0.29, 0.717) is 15.7 Å². The molecular formula is C12H12BrClN2OS. The second-order valence-corrected chi connectivity index (χ2v) is 5.06. The van der Waals surface area contributed by atoms with Crippen molar-refractivity contribution in [3.05, 3.63) is 45.9 Å². The third kappa shape index (κ3) is 3.31. The number of Topliss-reactive ketones (excluding diaryl/α,β-unsaturated/α-hetero) is 1. The monoisotopic (exact) mass is 346 g/mol. The number of anilines is 1. The van der Waals surface area contributed by atoms with Gasteiger partial charge in [-0.2, -0.15) is 0 Å². The summed E-state index contributed by atoms with van der Waals surface area (Å²) in [5.74, 6) is 0.0277. The van der Waals surface area contributed by atoms with Crippen molar-refractivity contribution in [2.75, 3.05) is 5.73 Å². The van der Waals surface area contributed by atoms with Gasteiger partial charge in [-0.3, -0.25) is 10.5 Å². The fourth-order valence-corrected chi connectivity index (χ4v) is 2.40. The molecule has 0 unspecified atom stereocenters. The highest BCUT2D eigenvalue weighted by Gasteiger charge is 2.16. The quantitative estimate of drug-likeness (QED) is 0.599. The number of carbonyl (C=O) groups excluding carboxylic acids is 1. The van der Waals surface area contributed by atoms with Gasteiger partial charge in [-0.25, -0.2) is 4.57 Å². The lowest BCUT2D eigenvalue weighted by atomic mass is 10.1. The van der Waals surface area contributed by atoms with Crippen LogP contribution in [0, 0.1) is 6.92 Å². The molecule has 0 saturated heterocycles. The first-order chi connectivity index (χ1) is 8.08. The van der Waals surface area contributed by atoms with Crippen LogP contribution in [0.15, 0.2) is 29.6 Å². The Morgan fingerprint density at radius 2 is 2.00 bits per heavy atom. The van der Waals surface area contributed by atoms with Gasteiger partial charge >= 0.3 is 5.13 Å². The molecule has 2 rings (SSSR count). The Labute approximate surface area is 125 Å². The number of nitrogen functional groups attached to an aromatic ring is 1. The molecule has 0 bridgehead atoms. The molecule has 1 heterocycles. The summed E-state index contributed by atoms with van der Waals surface area (Å²) in [7, 11) is 0. The average molecular weight is 348 g/mol. The lowest BCUT2D eigenvalue weighted by molar-refractivity contribution is -0.670. The van der Waals surface area contributed by atoms with Crippen molar-refractivity contribution >= 4 is 33.9 Å². The molecule has 0 aliphatic heterocycles. The smallest absolute Gasteiger partial charge is 0.332 e. The van der Waals surface area contributed by atoms with Crippen molar-refractivity contribution in [1.29, 1.82) is 0 Å². The SMILES string of the molecule is Cc1csc(N)[n+]1CC(=O)c1ccc(Cl)cc1.[Br-]. The molecule has 0 aliphatic rings. The minimum atomic E-state index is 0. The standard InChI is InChI=1S/C12H11ClN2OS.BrH/c1-8-7-17-12(14)15(8)6-11(16)9-2-4-10(13)5-3-9;/h2-5,7,14H,6H2,1H3;1H. The highest BCUT2D eigenvalue weighted by Crippen LogP contribution is 2.12. The molecule has 1 aromatic carbocycles. The maximum absolute atomic E-state index is 12.0. The molecule has 0 spiro atoms. The summed E-state index contributed by atoms with van der Waals surface area (Å²) in [6.45, 7) is 2.20. The van der Waals surface area contributed by atoms with Crippen molar-refractivity contribution in [3.8, 4) is 0 Å². The first-order valence-electron chi connectivity index (χ1n) is 5.10. The topological polar surface area (TPSA) is 47.0 Å². The normalized spacial score (nSPS) is 9.89. The van der Waals surface area contributed by atoms with Crippen LogP contribution in [-0.4, -0.2) is 5.78 Å². The van der Waals surface area contributed by atoms with Gasteiger partial charge in [-0.05, 0) is 31.2 Å². The molecule has 2 aromatic rings. The molecule has 18 heavy (non-hydrogen) atoms. The number of carbonyl (C=O) groups is 1. The molecular weight excluding hydrogens is 336 g/mol. The van der Waals surface area contributed by atoms with Gasteiger partial charge in [0.25, 0.3) is 0 Å². The van der Waals surface area contributed by atoms with E-state index in [4.69, 9.17) is 17.3 Å². The Balaban J connectivity index is 0.00000162. The van der Waals surface area contributed by atoms with Crippen LogP contribution in [0.4, 0.5) is 5.13 Å². The molecule has 0 atom stereocenters. The third-order valence-electron chi connectivity index (χ3n) is 2.51. The Hall–Kier alpha value is -0.910. The molecule has 1 aromatic heterocycles. The Kier molecular flexibility index (Phi) is 5.31. The minimum absolute atomic E-state index is 0. The summed E-state index contributed by atoms with van der Waals surface area (Å²) in [5.41, 5.74) is 7.44. The lowest BCUT2D eigenvalue weighted by Gasteiger charge is -2.01. The van der Waals surface area contributed by atoms with Gasteiger partial charge in [0, 0.05) is 16.0 Å². The highest BCUT2D eigenvalue weighted by atomic mass is 79.9. The number of aromatic nitrogens is 1. The number of hydrogen-bond acceptors (Lipinski definition) is 3. The van der Waals surface area contributed by atoms with E-state index in [1.165, 1.54) is 11.3 Å². The first-order valence-corrected chi connectivity index (χ1v) is 6.36. The number of benzene rings is 1. The summed E-state index contributed by atoms with van der Waals surface area (Å²) in [5, 5.41) is 3.20. The van der Waals surface area contributed by atoms with Crippen molar-refractivity contribution in [1.82, 2.24) is 0 Å². The molecule has 0 aliphatic carbocycles. The summed E-state index contributed by atoms with van der Waals surface area (Å²) < 4.78 is 1.81. The summed E-state index contributed by atoms with van der Waals surface area (Å²) in [6, 6.07) is 6.87. The fraction of sp³-hybridized carbons (Fsp3) is 0.167. The zero-order chi connectivity index (χ0) is 12.4. The number of ketones is 1. The predicted molar refractivity (Wildman–Crippen MR) is 69.4 cm³/mol. The lowest BCUT2D eigenvalue weighted by Crippen LogP contribution is -3.00. The van der Waals surface area contributed by atoms with Gasteiger partial charge in [0.15, 0.2) is 6.54 Å². The Bertz CT molecular complexity index is 534. The van der Waals surface area contributed by atoms with Crippen LogP contribution in [0.3, 0.4) is 0 Å². The molecule has 2 N–H and O–H groups in total. The minimum Gasteiger partial charge on any atom is -1.00 e. The number of hydrogen-bond donors (Lipinski definition) is 1.